The Morgan fingerprint density at radius 2 is 1.77 bits per heavy atom. The minimum atomic E-state index is -0.108. The number of aliphatic hydroxyl groups excluding tert-OH is 1. The molecule has 1 N–H and O–H groups in total. The van der Waals surface area contributed by atoms with Crippen molar-refractivity contribution in [3.8, 4) is 0 Å². The van der Waals surface area contributed by atoms with Crippen molar-refractivity contribution in [1.29, 1.82) is 0 Å². The van der Waals surface area contributed by atoms with E-state index in [1.165, 1.54) is 25.7 Å². The molecule has 1 fully saturated rings. The second-order valence-electron chi connectivity index (χ2n) is 4.83. The summed E-state index contributed by atoms with van der Waals surface area (Å²) in [4.78, 5) is 0. The molecule has 0 heterocycles. The van der Waals surface area contributed by atoms with Crippen molar-refractivity contribution in [2.45, 2.75) is 59.0 Å². The Labute approximate surface area is 82.5 Å². The Morgan fingerprint density at radius 3 is 2.15 bits per heavy atom. The number of hydrogen-bond acceptors (Lipinski definition) is 1. The lowest BCUT2D eigenvalue weighted by Gasteiger charge is -2.33. The second kappa shape index (κ2) is 4.99. The van der Waals surface area contributed by atoms with E-state index < -0.39 is 0 Å². The van der Waals surface area contributed by atoms with Gasteiger partial charge in [0.2, 0.25) is 0 Å². The van der Waals surface area contributed by atoms with Crippen molar-refractivity contribution < 1.29 is 5.11 Å². The Bertz CT molecular complexity index is 134. The third-order valence-electron chi connectivity index (χ3n) is 3.76. The predicted octanol–water partition coefficient (Wildman–Crippen LogP) is 3.22. The van der Waals surface area contributed by atoms with Crippen LogP contribution < -0.4 is 0 Å². The van der Waals surface area contributed by atoms with Crippen molar-refractivity contribution in [2.75, 3.05) is 0 Å². The van der Waals surface area contributed by atoms with Crippen LogP contribution in [-0.4, -0.2) is 11.2 Å². The van der Waals surface area contributed by atoms with E-state index in [0.29, 0.717) is 5.92 Å². The zero-order valence-electron chi connectivity index (χ0n) is 9.29. The molecule has 0 aromatic rings. The molecule has 0 spiro atoms. The first-order chi connectivity index (χ1) is 6.15. The molecule has 2 unspecified atom stereocenters. The van der Waals surface area contributed by atoms with Crippen LogP contribution in [0, 0.1) is 17.8 Å². The van der Waals surface area contributed by atoms with Crippen LogP contribution in [0.25, 0.3) is 0 Å². The fraction of sp³-hybridized carbons (Fsp3) is 1.00. The number of hydrogen-bond donors (Lipinski definition) is 1. The SMILES string of the molecule is CCC(C(C)O)C1CCC(C)CC1. The summed E-state index contributed by atoms with van der Waals surface area (Å²) < 4.78 is 0. The van der Waals surface area contributed by atoms with E-state index in [0.717, 1.165) is 18.3 Å². The van der Waals surface area contributed by atoms with Gasteiger partial charge in [-0.25, -0.2) is 0 Å². The van der Waals surface area contributed by atoms with E-state index in [-0.39, 0.29) is 6.10 Å². The molecule has 0 saturated heterocycles. The van der Waals surface area contributed by atoms with Crippen LogP contribution in [0.1, 0.15) is 52.9 Å². The Kier molecular flexibility index (Phi) is 4.24. The highest BCUT2D eigenvalue weighted by molar-refractivity contribution is 4.78. The second-order valence-corrected chi connectivity index (χ2v) is 4.83. The molecule has 0 aliphatic heterocycles. The molecule has 1 saturated carbocycles. The summed E-state index contributed by atoms with van der Waals surface area (Å²) in [5.41, 5.74) is 0. The van der Waals surface area contributed by atoms with Gasteiger partial charge >= 0.3 is 0 Å². The smallest absolute Gasteiger partial charge is 0.0542 e. The molecule has 0 aromatic heterocycles. The highest BCUT2D eigenvalue weighted by atomic mass is 16.3. The average Bonchev–Trinajstić information content (AvgIpc) is 2.09. The van der Waals surface area contributed by atoms with Gasteiger partial charge in [0, 0.05) is 0 Å². The fourth-order valence-electron chi connectivity index (χ4n) is 2.78. The highest BCUT2D eigenvalue weighted by Crippen LogP contribution is 2.35. The monoisotopic (exact) mass is 184 g/mol. The lowest BCUT2D eigenvalue weighted by molar-refractivity contribution is 0.0636. The maximum Gasteiger partial charge on any atom is 0.0542 e. The fourth-order valence-corrected chi connectivity index (χ4v) is 2.78. The van der Waals surface area contributed by atoms with Gasteiger partial charge in [0.15, 0.2) is 0 Å². The minimum Gasteiger partial charge on any atom is -0.393 e. The van der Waals surface area contributed by atoms with Crippen LogP contribution >= 0.6 is 0 Å². The van der Waals surface area contributed by atoms with Crippen molar-refractivity contribution in [3.63, 3.8) is 0 Å². The number of aliphatic hydroxyl groups is 1. The zero-order chi connectivity index (χ0) is 9.84. The van der Waals surface area contributed by atoms with Crippen molar-refractivity contribution in [2.24, 2.45) is 17.8 Å². The summed E-state index contributed by atoms with van der Waals surface area (Å²) in [5, 5.41) is 9.63. The van der Waals surface area contributed by atoms with Gasteiger partial charge in [-0.2, -0.15) is 0 Å². The summed E-state index contributed by atoms with van der Waals surface area (Å²) in [6.07, 6.45) is 6.44. The van der Waals surface area contributed by atoms with Gasteiger partial charge in [-0.15, -0.1) is 0 Å². The van der Waals surface area contributed by atoms with Gasteiger partial charge in [0.25, 0.3) is 0 Å². The lowest BCUT2D eigenvalue weighted by atomic mass is 9.74. The summed E-state index contributed by atoms with van der Waals surface area (Å²) in [6, 6.07) is 0. The number of rotatable bonds is 3. The van der Waals surface area contributed by atoms with Gasteiger partial charge in [-0.3, -0.25) is 0 Å². The Morgan fingerprint density at radius 1 is 1.23 bits per heavy atom. The highest BCUT2D eigenvalue weighted by Gasteiger charge is 2.27. The first-order valence-electron chi connectivity index (χ1n) is 5.83. The maximum absolute atomic E-state index is 9.63. The molecule has 1 nitrogen and oxygen atoms in total. The molecule has 1 rings (SSSR count). The standard InChI is InChI=1S/C12H24O/c1-4-12(10(3)13)11-7-5-9(2)6-8-11/h9-13H,4-8H2,1-3H3. The molecule has 1 heteroatoms. The third kappa shape index (κ3) is 2.98. The zero-order valence-corrected chi connectivity index (χ0v) is 9.29. The molecular weight excluding hydrogens is 160 g/mol. The molecule has 78 valence electrons. The molecule has 1 aliphatic carbocycles. The lowest BCUT2D eigenvalue weighted by Crippen LogP contribution is -2.28. The average molecular weight is 184 g/mol. The van der Waals surface area contributed by atoms with Crippen LogP contribution in [0.3, 0.4) is 0 Å². The molecular formula is C12H24O. The van der Waals surface area contributed by atoms with Gasteiger partial charge in [-0.1, -0.05) is 33.1 Å². The largest absolute Gasteiger partial charge is 0.393 e. The van der Waals surface area contributed by atoms with E-state index >= 15 is 0 Å². The molecule has 0 aromatic carbocycles. The van der Waals surface area contributed by atoms with E-state index in [9.17, 15) is 5.11 Å². The molecule has 0 bridgehead atoms. The summed E-state index contributed by atoms with van der Waals surface area (Å²) in [6.45, 7) is 6.50. The van der Waals surface area contributed by atoms with Crippen molar-refractivity contribution in [3.05, 3.63) is 0 Å². The van der Waals surface area contributed by atoms with E-state index in [1.54, 1.807) is 0 Å². The van der Waals surface area contributed by atoms with Crippen LogP contribution in [0.5, 0.6) is 0 Å². The van der Waals surface area contributed by atoms with Gasteiger partial charge in [0.1, 0.15) is 0 Å². The summed E-state index contributed by atoms with van der Waals surface area (Å²) >= 11 is 0. The van der Waals surface area contributed by atoms with Gasteiger partial charge in [0.05, 0.1) is 6.10 Å². The van der Waals surface area contributed by atoms with Crippen LogP contribution in [0.4, 0.5) is 0 Å². The van der Waals surface area contributed by atoms with Crippen molar-refractivity contribution in [1.82, 2.24) is 0 Å². The first kappa shape index (κ1) is 11.0. The third-order valence-corrected chi connectivity index (χ3v) is 3.76. The summed E-state index contributed by atoms with van der Waals surface area (Å²) in [7, 11) is 0. The molecule has 13 heavy (non-hydrogen) atoms. The molecule has 0 radical (unpaired) electrons. The quantitative estimate of drug-likeness (QED) is 0.714. The van der Waals surface area contributed by atoms with Gasteiger partial charge < -0.3 is 5.11 Å². The molecule has 0 amide bonds. The van der Waals surface area contributed by atoms with Gasteiger partial charge in [-0.05, 0) is 37.5 Å². The Balaban J connectivity index is 2.41. The van der Waals surface area contributed by atoms with E-state index in [2.05, 4.69) is 13.8 Å². The Hall–Kier alpha value is -0.0400. The first-order valence-corrected chi connectivity index (χ1v) is 5.83. The summed E-state index contributed by atoms with van der Waals surface area (Å²) in [5.74, 6) is 2.26. The van der Waals surface area contributed by atoms with Crippen LogP contribution in [0.15, 0.2) is 0 Å². The van der Waals surface area contributed by atoms with E-state index in [4.69, 9.17) is 0 Å². The van der Waals surface area contributed by atoms with Crippen LogP contribution in [-0.2, 0) is 0 Å². The van der Waals surface area contributed by atoms with Crippen LogP contribution in [0.2, 0.25) is 0 Å². The molecule has 2 atom stereocenters. The van der Waals surface area contributed by atoms with E-state index in [1.807, 2.05) is 6.92 Å². The normalized spacial score (nSPS) is 34.2. The minimum absolute atomic E-state index is 0.108. The predicted molar refractivity (Wildman–Crippen MR) is 56.6 cm³/mol. The van der Waals surface area contributed by atoms with Crippen molar-refractivity contribution >= 4 is 0 Å². The molecule has 1 aliphatic rings. The maximum atomic E-state index is 9.63. The topological polar surface area (TPSA) is 20.2 Å².